The van der Waals surface area contributed by atoms with Gasteiger partial charge in [0.2, 0.25) is 0 Å². The van der Waals surface area contributed by atoms with Gasteiger partial charge < -0.3 is 19.3 Å². The van der Waals surface area contributed by atoms with Crippen LogP contribution in [0.1, 0.15) is 13.8 Å². The first-order valence-electron chi connectivity index (χ1n) is 5.02. The molecule has 0 unspecified atom stereocenters. The molecule has 2 aliphatic rings. The van der Waals surface area contributed by atoms with Gasteiger partial charge in [-0.1, -0.05) is 12.2 Å². The summed E-state index contributed by atoms with van der Waals surface area (Å²) < 4.78 is 16.9. The van der Waals surface area contributed by atoms with E-state index in [1.54, 1.807) is 12.2 Å². The minimum absolute atomic E-state index is 0.0317. The summed E-state index contributed by atoms with van der Waals surface area (Å²) in [5, 5.41) is 8.93. The molecule has 2 saturated heterocycles. The van der Waals surface area contributed by atoms with Gasteiger partial charge in [0.25, 0.3) is 0 Å². The highest BCUT2D eigenvalue weighted by Crippen LogP contribution is 2.40. The Morgan fingerprint density at radius 3 is 2.80 bits per heavy atom. The molecule has 0 amide bonds. The van der Waals surface area contributed by atoms with E-state index in [0.29, 0.717) is 0 Å². The summed E-state index contributed by atoms with van der Waals surface area (Å²) in [5.41, 5.74) is 0.892. The number of aliphatic hydroxyl groups is 1. The molecule has 0 radical (unpaired) electrons. The molecule has 2 fully saturated rings. The van der Waals surface area contributed by atoms with E-state index in [-0.39, 0.29) is 25.1 Å². The van der Waals surface area contributed by atoms with Crippen LogP contribution in [0.25, 0.3) is 0 Å². The molecule has 0 spiro atoms. The Labute approximate surface area is 89.1 Å². The van der Waals surface area contributed by atoms with Crippen molar-refractivity contribution in [2.45, 2.75) is 38.1 Å². The minimum Gasteiger partial charge on any atom is -0.392 e. The summed E-state index contributed by atoms with van der Waals surface area (Å²) in [6.45, 7) is 7.33. The molecule has 4 heteroatoms. The summed E-state index contributed by atoms with van der Waals surface area (Å²) in [4.78, 5) is 0. The first-order chi connectivity index (χ1) is 7.07. The third-order valence-electron chi connectivity index (χ3n) is 2.54. The Hall–Kier alpha value is -0.680. The fraction of sp³-hybridized carbons (Fsp3) is 0.636. The zero-order chi connectivity index (χ0) is 11.1. The summed E-state index contributed by atoms with van der Waals surface area (Å²) in [5.74, 6) is -0.629. The van der Waals surface area contributed by atoms with Crippen LogP contribution in [-0.4, -0.2) is 36.0 Å². The van der Waals surface area contributed by atoms with Crippen LogP contribution < -0.4 is 0 Å². The first kappa shape index (κ1) is 10.8. The maximum absolute atomic E-state index is 8.93. The molecule has 84 valence electrons. The number of fused-ring (bicyclic) bond motifs is 1. The fourth-order valence-corrected chi connectivity index (χ4v) is 1.97. The zero-order valence-electron chi connectivity index (χ0n) is 8.97. The summed E-state index contributed by atoms with van der Waals surface area (Å²) >= 11 is 0. The second-order valence-electron chi connectivity index (χ2n) is 4.10. The van der Waals surface area contributed by atoms with Crippen molar-refractivity contribution in [2.24, 2.45) is 0 Å². The van der Waals surface area contributed by atoms with Gasteiger partial charge in [-0.05, 0) is 19.4 Å². The Bertz CT molecular complexity index is 295. The summed E-state index contributed by atoms with van der Waals surface area (Å²) in [6, 6.07) is 0. The van der Waals surface area contributed by atoms with E-state index in [9.17, 15) is 0 Å². The van der Waals surface area contributed by atoms with Gasteiger partial charge in [-0.25, -0.2) is 0 Å². The molecule has 0 aromatic carbocycles. The Morgan fingerprint density at radius 2 is 2.20 bits per heavy atom. The van der Waals surface area contributed by atoms with Crippen molar-refractivity contribution in [3.8, 4) is 0 Å². The second kappa shape index (κ2) is 3.72. The average molecular weight is 212 g/mol. The maximum atomic E-state index is 8.93. The molecule has 1 N–H and O–H groups in total. The lowest BCUT2D eigenvalue weighted by Crippen LogP contribution is -2.25. The molecule has 2 aliphatic heterocycles. The van der Waals surface area contributed by atoms with E-state index in [0.717, 1.165) is 5.57 Å². The van der Waals surface area contributed by atoms with Crippen molar-refractivity contribution in [1.29, 1.82) is 0 Å². The van der Waals surface area contributed by atoms with Crippen molar-refractivity contribution in [2.75, 3.05) is 6.61 Å². The van der Waals surface area contributed by atoms with Gasteiger partial charge in [0.1, 0.15) is 12.2 Å². The number of rotatable bonds is 2. The normalized spacial score (nSPS) is 40.7. The summed E-state index contributed by atoms with van der Waals surface area (Å²) in [7, 11) is 0. The van der Waals surface area contributed by atoms with Crippen LogP contribution in [0.15, 0.2) is 24.3 Å². The quantitative estimate of drug-likeness (QED) is 0.693. The second-order valence-corrected chi connectivity index (χ2v) is 4.10. The van der Waals surface area contributed by atoms with Crippen molar-refractivity contribution in [3.05, 3.63) is 24.3 Å². The van der Waals surface area contributed by atoms with E-state index >= 15 is 0 Å². The van der Waals surface area contributed by atoms with E-state index in [2.05, 4.69) is 6.58 Å². The van der Waals surface area contributed by atoms with Crippen molar-refractivity contribution in [1.82, 2.24) is 0 Å². The highest BCUT2D eigenvalue weighted by atomic mass is 16.8. The third kappa shape index (κ3) is 1.86. The van der Waals surface area contributed by atoms with E-state index in [1.165, 1.54) is 0 Å². The average Bonchev–Trinajstić information content (AvgIpc) is 2.60. The number of ether oxygens (including phenoxy) is 3. The van der Waals surface area contributed by atoms with Gasteiger partial charge in [0.15, 0.2) is 12.1 Å². The van der Waals surface area contributed by atoms with Crippen LogP contribution in [0.5, 0.6) is 0 Å². The lowest BCUT2D eigenvalue weighted by molar-refractivity contribution is -0.195. The van der Waals surface area contributed by atoms with Crippen molar-refractivity contribution in [3.63, 3.8) is 0 Å². The fourth-order valence-electron chi connectivity index (χ4n) is 1.97. The zero-order valence-corrected chi connectivity index (χ0v) is 8.97. The lowest BCUT2D eigenvalue weighted by atomic mass is 10.1. The summed E-state index contributed by atoms with van der Waals surface area (Å²) in [6.07, 6.45) is 2.54. The molecule has 0 bridgehead atoms. The molecular formula is C11H16O4. The topological polar surface area (TPSA) is 47.9 Å². The molecule has 0 aromatic heterocycles. The SMILES string of the molecule is C=C[C@H]1O[C@@H]2OC(C)(C)O[C@@H]2/C1=C\CO. The van der Waals surface area contributed by atoms with Gasteiger partial charge in [-0.15, -0.1) is 6.58 Å². The molecule has 0 aliphatic carbocycles. The maximum Gasteiger partial charge on any atom is 0.192 e. The van der Waals surface area contributed by atoms with E-state index < -0.39 is 5.79 Å². The van der Waals surface area contributed by atoms with Crippen molar-refractivity contribution < 1.29 is 19.3 Å². The molecule has 0 aromatic rings. The van der Waals surface area contributed by atoms with Gasteiger partial charge in [0, 0.05) is 0 Å². The van der Waals surface area contributed by atoms with Gasteiger partial charge >= 0.3 is 0 Å². The third-order valence-corrected chi connectivity index (χ3v) is 2.54. The molecular weight excluding hydrogens is 196 g/mol. The molecule has 2 heterocycles. The van der Waals surface area contributed by atoms with Crippen LogP contribution >= 0.6 is 0 Å². The van der Waals surface area contributed by atoms with Crippen molar-refractivity contribution >= 4 is 0 Å². The largest absolute Gasteiger partial charge is 0.392 e. The van der Waals surface area contributed by atoms with Gasteiger partial charge in [-0.3, -0.25) is 0 Å². The van der Waals surface area contributed by atoms with E-state index in [4.69, 9.17) is 19.3 Å². The molecule has 15 heavy (non-hydrogen) atoms. The van der Waals surface area contributed by atoms with E-state index in [1.807, 2.05) is 13.8 Å². The van der Waals surface area contributed by atoms with Gasteiger partial charge in [-0.2, -0.15) is 0 Å². The highest BCUT2D eigenvalue weighted by Gasteiger charge is 2.50. The number of hydrogen-bond donors (Lipinski definition) is 1. The van der Waals surface area contributed by atoms with Crippen LogP contribution in [0.2, 0.25) is 0 Å². The van der Waals surface area contributed by atoms with Crippen LogP contribution in [0, 0.1) is 0 Å². The standard InChI is InChI=1S/C11H16O4/c1-4-8-7(5-6-12)9-10(13-8)15-11(2,3)14-9/h4-5,8-10,12H,1,6H2,2-3H3/b7-5-/t8-,9-,10-/m1/s1. The number of hydrogen-bond acceptors (Lipinski definition) is 4. The molecule has 2 rings (SSSR count). The first-order valence-corrected chi connectivity index (χ1v) is 5.02. The Morgan fingerprint density at radius 1 is 1.47 bits per heavy atom. The number of aliphatic hydroxyl groups excluding tert-OH is 1. The monoisotopic (exact) mass is 212 g/mol. The minimum atomic E-state index is -0.629. The molecule has 3 atom stereocenters. The van der Waals surface area contributed by atoms with Crippen LogP contribution in [0.3, 0.4) is 0 Å². The smallest absolute Gasteiger partial charge is 0.192 e. The predicted octanol–water partition coefficient (Wildman–Crippen LogP) is 0.967. The predicted molar refractivity (Wildman–Crippen MR) is 54.1 cm³/mol. The molecule has 0 saturated carbocycles. The van der Waals surface area contributed by atoms with Crippen LogP contribution in [-0.2, 0) is 14.2 Å². The highest BCUT2D eigenvalue weighted by molar-refractivity contribution is 5.25. The molecule has 4 nitrogen and oxygen atoms in total. The van der Waals surface area contributed by atoms with Gasteiger partial charge in [0.05, 0.1) is 6.61 Å². The Kier molecular flexibility index (Phi) is 2.68. The lowest BCUT2D eigenvalue weighted by Gasteiger charge is -2.20. The Balaban J connectivity index is 2.21. The van der Waals surface area contributed by atoms with Crippen LogP contribution in [0.4, 0.5) is 0 Å².